The second-order valence-corrected chi connectivity index (χ2v) is 3.09. The SMILES string of the molecule is Cc1cncc(-c2cncc(C)n2)n1. The Morgan fingerprint density at radius 1 is 0.714 bits per heavy atom. The molecule has 0 amide bonds. The molecule has 0 aliphatic carbocycles. The van der Waals surface area contributed by atoms with E-state index in [0.717, 1.165) is 22.8 Å². The lowest BCUT2D eigenvalue weighted by Gasteiger charge is -2.00. The van der Waals surface area contributed by atoms with Crippen molar-refractivity contribution in [3.63, 3.8) is 0 Å². The molecule has 2 heterocycles. The van der Waals surface area contributed by atoms with E-state index in [4.69, 9.17) is 0 Å². The standard InChI is InChI=1S/C10H10N4/c1-7-3-11-5-9(13-7)10-6-12-4-8(2)14-10/h3-6H,1-2H3. The van der Waals surface area contributed by atoms with Crippen molar-refractivity contribution in [1.29, 1.82) is 0 Å². The maximum absolute atomic E-state index is 4.32. The Morgan fingerprint density at radius 3 is 1.50 bits per heavy atom. The molecular formula is C10H10N4. The number of hydrogen-bond acceptors (Lipinski definition) is 4. The fourth-order valence-corrected chi connectivity index (χ4v) is 1.17. The normalized spacial score (nSPS) is 10.1. The molecule has 2 rings (SSSR count). The summed E-state index contributed by atoms with van der Waals surface area (Å²) in [4.78, 5) is 16.8. The van der Waals surface area contributed by atoms with Crippen LogP contribution in [0.15, 0.2) is 24.8 Å². The van der Waals surface area contributed by atoms with Crippen LogP contribution in [0.1, 0.15) is 11.4 Å². The van der Waals surface area contributed by atoms with Crippen LogP contribution in [-0.2, 0) is 0 Å². The number of aromatic nitrogens is 4. The lowest BCUT2D eigenvalue weighted by molar-refractivity contribution is 1.07. The third-order valence-electron chi connectivity index (χ3n) is 1.77. The predicted molar refractivity (Wildman–Crippen MR) is 52.5 cm³/mol. The van der Waals surface area contributed by atoms with Crippen molar-refractivity contribution in [3.8, 4) is 11.4 Å². The van der Waals surface area contributed by atoms with Crippen LogP contribution in [0.3, 0.4) is 0 Å². The number of rotatable bonds is 1. The highest BCUT2D eigenvalue weighted by Crippen LogP contribution is 2.11. The molecule has 70 valence electrons. The van der Waals surface area contributed by atoms with Gasteiger partial charge < -0.3 is 0 Å². The van der Waals surface area contributed by atoms with E-state index in [0.29, 0.717) is 0 Å². The van der Waals surface area contributed by atoms with Crippen LogP contribution in [0.4, 0.5) is 0 Å². The smallest absolute Gasteiger partial charge is 0.109 e. The Bertz CT molecular complexity index is 410. The van der Waals surface area contributed by atoms with Crippen molar-refractivity contribution in [2.75, 3.05) is 0 Å². The quantitative estimate of drug-likeness (QED) is 0.678. The van der Waals surface area contributed by atoms with Gasteiger partial charge in [-0.15, -0.1) is 0 Å². The van der Waals surface area contributed by atoms with E-state index in [1.807, 2.05) is 13.8 Å². The van der Waals surface area contributed by atoms with E-state index in [-0.39, 0.29) is 0 Å². The van der Waals surface area contributed by atoms with Crippen molar-refractivity contribution in [2.24, 2.45) is 0 Å². The summed E-state index contributed by atoms with van der Waals surface area (Å²) < 4.78 is 0. The summed E-state index contributed by atoms with van der Waals surface area (Å²) in [5, 5.41) is 0. The van der Waals surface area contributed by atoms with Gasteiger partial charge in [0.2, 0.25) is 0 Å². The highest BCUT2D eigenvalue weighted by atomic mass is 14.9. The van der Waals surface area contributed by atoms with Gasteiger partial charge in [0.05, 0.1) is 23.8 Å². The van der Waals surface area contributed by atoms with Gasteiger partial charge in [-0.1, -0.05) is 0 Å². The average molecular weight is 186 g/mol. The van der Waals surface area contributed by atoms with Gasteiger partial charge in [0.25, 0.3) is 0 Å². The maximum Gasteiger partial charge on any atom is 0.109 e. The van der Waals surface area contributed by atoms with Gasteiger partial charge >= 0.3 is 0 Å². The molecule has 0 fully saturated rings. The molecule has 0 saturated heterocycles. The molecule has 2 aromatic rings. The molecule has 0 radical (unpaired) electrons. The molecule has 0 aromatic carbocycles. The van der Waals surface area contributed by atoms with Crippen molar-refractivity contribution in [1.82, 2.24) is 19.9 Å². The Labute approximate surface area is 82.1 Å². The molecule has 2 aromatic heterocycles. The number of nitrogens with zero attached hydrogens (tertiary/aromatic N) is 4. The lowest BCUT2D eigenvalue weighted by atomic mass is 10.3. The van der Waals surface area contributed by atoms with E-state index in [1.165, 1.54) is 0 Å². The van der Waals surface area contributed by atoms with Gasteiger partial charge in [-0.3, -0.25) is 9.97 Å². The van der Waals surface area contributed by atoms with Crippen molar-refractivity contribution in [3.05, 3.63) is 36.2 Å². The third kappa shape index (κ3) is 1.74. The van der Waals surface area contributed by atoms with Crippen LogP contribution in [0.5, 0.6) is 0 Å². The molecule has 0 bridgehead atoms. The van der Waals surface area contributed by atoms with Gasteiger partial charge in [-0.2, -0.15) is 0 Å². The first-order valence-electron chi connectivity index (χ1n) is 4.33. The Hall–Kier alpha value is -1.84. The summed E-state index contributed by atoms with van der Waals surface area (Å²) in [5.41, 5.74) is 3.29. The molecule has 4 heteroatoms. The van der Waals surface area contributed by atoms with Gasteiger partial charge in [-0.25, -0.2) is 9.97 Å². The molecule has 4 nitrogen and oxygen atoms in total. The zero-order chi connectivity index (χ0) is 9.97. The lowest BCUT2D eigenvalue weighted by Crippen LogP contribution is -1.93. The molecule has 14 heavy (non-hydrogen) atoms. The van der Waals surface area contributed by atoms with E-state index < -0.39 is 0 Å². The first-order chi connectivity index (χ1) is 6.75. The summed E-state index contributed by atoms with van der Waals surface area (Å²) in [6, 6.07) is 0. The van der Waals surface area contributed by atoms with Crippen molar-refractivity contribution < 1.29 is 0 Å². The third-order valence-corrected chi connectivity index (χ3v) is 1.77. The second kappa shape index (κ2) is 3.49. The van der Waals surface area contributed by atoms with Crippen molar-refractivity contribution >= 4 is 0 Å². The first-order valence-corrected chi connectivity index (χ1v) is 4.33. The van der Waals surface area contributed by atoms with Crippen LogP contribution in [0.2, 0.25) is 0 Å². The van der Waals surface area contributed by atoms with E-state index in [1.54, 1.807) is 24.8 Å². The van der Waals surface area contributed by atoms with Gasteiger partial charge in [0.1, 0.15) is 11.4 Å². The number of hydrogen-bond donors (Lipinski definition) is 0. The average Bonchev–Trinajstić information content (AvgIpc) is 2.18. The molecule has 0 saturated carbocycles. The molecule has 0 spiro atoms. The van der Waals surface area contributed by atoms with Gasteiger partial charge in [0, 0.05) is 12.4 Å². The zero-order valence-electron chi connectivity index (χ0n) is 8.10. The summed E-state index contributed by atoms with van der Waals surface area (Å²) >= 11 is 0. The summed E-state index contributed by atoms with van der Waals surface area (Å²) in [6.45, 7) is 3.81. The minimum Gasteiger partial charge on any atom is -0.261 e. The summed E-state index contributed by atoms with van der Waals surface area (Å²) in [7, 11) is 0. The minimum absolute atomic E-state index is 0.765. The van der Waals surface area contributed by atoms with Crippen LogP contribution in [-0.4, -0.2) is 19.9 Å². The summed E-state index contributed by atoms with van der Waals surface area (Å²) in [5.74, 6) is 0. The monoisotopic (exact) mass is 186 g/mol. The molecule has 0 aliphatic rings. The van der Waals surface area contributed by atoms with Crippen LogP contribution >= 0.6 is 0 Å². The van der Waals surface area contributed by atoms with Crippen LogP contribution < -0.4 is 0 Å². The largest absolute Gasteiger partial charge is 0.261 e. The Kier molecular flexibility index (Phi) is 2.18. The van der Waals surface area contributed by atoms with E-state index in [9.17, 15) is 0 Å². The molecular weight excluding hydrogens is 176 g/mol. The number of aryl methyl sites for hydroxylation is 2. The fourth-order valence-electron chi connectivity index (χ4n) is 1.17. The van der Waals surface area contributed by atoms with Gasteiger partial charge in [0.15, 0.2) is 0 Å². The molecule has 0 unspecified atom stereocenters. The fraction of sp³-hybridized carbons (Fsp3) is 0.200. The van der Waals surface area contributed by atoms with Gasteiger partial charge in [-0.05, 0) is 13.8 Å². The van der Waals surface area contributed by atoms with E-state index >= 15 is 0 Å². The second-order valence-electron chi connectivity index (χ2n) is 3.09. The highest BCUT2D eigenvalue weighted by molar-refractivity contribution is 5.51. The Morgan fingerprint density at radius 2 is 1.14 bits per heavy atom. The maximum atomic E-state index is 4.32. The molecule has 0 N–H and O–H groups in total. The highest BCUT2D eigenvalue weighted by Gasteiger charge is 2.01. The Balaban J connectivity index is 2.49. The summed E-state index contributed by atoms with van der Waals surface area (Å²) in [6.07, 6.45) is 6.81. The first kappa shape index (κ1) is 8.74. The minimum atomic E-state index is 0.765. The van der Waals surface area contributed by atoms with Crippen LogP contribution in [0, 0.1) is 13.8 Å². The molecule has 0 atom stereocenters. The topological polar surface area (TPSA) is 51.6 Å². The zero-order valence-corrected chi connectivity index (χ0v) is 8.10. The predicted octanol–water partition coefficient (Wildman–Crippen LogP) is 1.55. The molecule has 0 aliphatic heterocycles. The van der Waals surface area contributed by atoms with Crippen molar-refractivity contribution in [2.45, 2.75) is 13.8 Å². The van der Waals surface area contributed by atoms with Crippen LogP contribution in [0.25, 0.3) is 11.4 Å². The van der Waals surface area contributed by atoms with E-state index in [2.05, 4.69) is 19.9 Å².